The molecule has 2 atom stereocenters. The van der Waals surface area contributed by atoms with E-state index in [-0.39, 0.29) is 23.6 Å². The average molecular weight is 559 g/mol. The van der Waals surface area contributed by atoms with Crippen LogP contribution in [0.3, 0.4) is 0 Å². The highest BCUT2D eigenvalue weighted by atomic mass is 32.2. The zero-order valence-electron chi connectivity index (χ0n) is 20.4. The second-order valence-corrected chi connectivity index (χ2v) is 11.6. The molecule has 1 N–H and O–H groups in total. The van der Waals surface area contributed by atoms with Gasteiger partial charge >= 0.3 is 12.1 Å². The highest BCUT2D eigenvalue weighted by molar-refractivity contribution is 7.99. The SMILES string of the molecule is CS(=O)(=O)[C@@H](COC(=O)c1ccc([N+](=O)[O-])cc1)[C@@H](CSc1ccccc1)NC(=O)OCc1ccccc1. The number of carbonyl (C=O) groups is 2. The van der Waals surface area contributed by atoms with Gasteiger partial charge in [0.25, 0.3) is 5.69 Å². The Morgan fingerprint density at radius 1 is 0.947 bits per heavy atom. The molecule has 0 aromatic heterocycles. The van der Waals surface area contributed by atoms with Crippen molar-refractivity contribution >= 4 is 39.3 Å². The Morgan fingerprint density at radius 3 is 2.13 bits per heavy atom. The number of nitrogens with one attached hydrogen (secondary N) is 1. The van der Waals surface area contributed by atoms with Gasteiger partial charge in [-0.2, -0.15) is 0 Å². The molecular weight excluding hydrogens is 532 g/mol. The summed E-state index contributed by atoms with van der Waals surface area (Å²) in [6.45, 7) is -0.558. The number of thioether (sulfide) groups is 1. The molecule has 0 aliphatic heterocycles. The van der Waals surface area contributed by atoms with Crippen LogP contribution in [0.2, 0.25) is 0 Å². The first-order chi connectivity index (χ1) is 18.1. The molecular formula is C26H26N2O8S2. The Kier molecular flexibility index (Phi) is 10.3. The summed E-state index contributed by atoms with van der Waals surface area (Å²) >= 11 is 1.33. The summed E-state index contributed by atoms with van der Waals surface area (Å²) in [6, 6.07) is 22.0. The van der Waals surface area contributed by atoms with E-state index in [4.69, 9.17) is 9.47 Å². The molecule has 1 amide bonds. The lowest BCUT2D eigenvalue weighted by atomic mass is 10.2. The highest BCUT2D eigenvalue weighted by Crippen LogP contribution is 2.22. The largest absolute Gasteiger partial charge is 0.461 e. The molecule has 0 unspecified atom stereocenters. The van der Waals surface area contributed by atoms with Crippen molar-refractivity contribution in [3.05, 3.63) is 106 Å². The van der Waals surface area contributed by atoms with E-state index < -0.39 is 44.7 Å². The third-order valence-electron chi connectivity index (χ3n) is 5.38. The number of hydrogen-bond acceptors (Lipinski definition) is 9. The topological polar surface area (TPSA) is 142 Å². The molecule has 0 radical (unpaired) electrons. The molecule has 0 fully saturated rings. The molecule has 3 aromatic carbocycles. The van der Waals surface area contributed by atoms with E-state index >= 15 is 0 Å². The number of esters is 1. The number of hydrogen-bond donors (Lipinski definition) is 1. The quantitative estimate of drug-likeness (QED) is 0.149. The first-order valence-electron chi connectivity index (χ1n) is 11.4. The van der Waals surface area contributed by atoms with Gasteiger partial charge in [-0.25, -0.2) is 18.0 Å². The lowest BCUT2D eigenvalue weighted by molar-refractivity contribution is -0.384. The van der Waals surface area contributed by atoms with Crippen LogP contribution in [0.5, 0.6) is 0 Å². The average Bonchev–Trinajstić information content (AvgIpc) is 2.91. The van der Waals surface area contributed by atoms with Crippen molar-refractivity contribution < 1.29 is 32.4 Å². The molecule has 0 saturated heterocycles. The standard InChI is InChI=1S/C26H26N2O8S2/c1-38(33,34)24(17-35-25(29)20-12-14-21(15-13-20)28(31)32)23(18-37-22-10-6-3-7-11-22)27-26(30)36-16-19-8-4-2-5-9-19/h2-15,23-24H,16-18H2,1H3,(H,27,30)/t23-,24+/m1/s1. The zero-order chi connectivity index (χ0) is 27.5. The van der Waals surface area contributed by atoms with Crippen LogP contribution in [0.25, 0.3) is 0 Å². The van der Waals surface area contributed by atoms with E-state index in [1.165, 1.54) is 23.9 Å². The van der Waals surface area contributed by atoms with Gasteiger partial charge in [0.05, 0.1) is 16.5 Å². The van der Waals surface area contributed by atoms with E-state index in [1.54, 1.807) is 24.3 Å². The van der Waals surface area contributed by atoms with E-state index in [0.29, 0.717) is 0 Å². The fraction of sp³-hybridized carbons (Fsp3) is 0.231. The fourth-order valence-corrected chi connectivity index (χ4v) is 5.59. The van der Waals surface area contributed by atoms with Crippen LogP contribution < -0.4 is 5.32 Å². The van der Waals surface area contributed by atoms with Crippen molar-refractivity contribution in [2.45, 2.75) is 22.8 Å². The van der Waals surface area contributed by atoms with Crippen LogP contribution >= 0.6 is 11.8 Å². The van der Waals surface area contributed by atoms with Gasteiger partial charge in [0.1, 0.15) is 18.5 Å². The molecule has 200 valence electrons. The highest BCUT2D eigenvalue weighted by Gasteiger charge is 2.34. The summed E-state index contributed by atoms with van der Waals surface area (Å²) in [7, 11) is -3.83. The molecule has 0 aliphatic rings. The predicted octanol–water partition coefficient (Wildman–Crippen LogP) is 4.25. The van der Waals surface area contributed by atoms with Crippen LogP contribution in [0.15, 0.2) is 89.8 Å². The van der Waals surface area contributed by atoms with Crippen LogP contribution in [0.1, 0.15) is 15.9 Å². The number of nitro benzene ring substituents is 1. The smallest absolute Gasteiger partial charge is 0.407 e. The molecule has 0 aliphatic carbocycles. The predicted molar refractivity (Wildman–Crippen MR) is 143 cm³/mol. The minimum Gasteiger partial charge on any atom is -0.461 e. The summed E-state index contributed by atoms with van der Waals surface area (Å²) < 4.78 is 36.0. The Hall–Kier alpha value is -3.90. The number of nitrogens with zero attached hydrogens (tertiary/aromatic N) is 1. The minimum absolute atomic E-state index is 0.0100. The summed E-state index contributed by atoms with van der Waals surface area (Å²) in [5.74, 6) is -0.702. The van der Waals surface area contributed by atoms with Crippen molar-refractivity contribution in [1.82, 2.24) is 5.32 Å². The van der Waals surface area contributed by atoms with E-state index in [2.05, 4.69) is 5.32 Å². The molecule has 0 bridgehead atoms. The van der Waals surface area contributed by atoms with Gasteiger partial charge in [-0.1, -0.05) is 48.5 Å². The molecule has 0 spiro atoms. The maximum absolute atomic E-state index is 12.7. The van der Waals surface area contributed by atoms with Crippen molar-refractivity contribution in [1.29, 1.82) is 0 Å². The molecule has 38 heavy (non-hydrogen) atoms. The van der Waals surface area contributed by atoms with Gasteiger partial charge in [0, 0.05) is 29.0 Å². The van der Waals surface area contributed by atoms with Gasteiger partial charge in [0.15, 0.2) is 9.84 Å². The van der Waals surface area contributed by atoms with E-state index in [9.17, 15) is 28.1 Å². The molecule has 0 saturated carbocycles. The monoisotopic (exact) mass is 558 g/mol. The summed E-state index contributed by atoms with van der Waals surface area (Å²) in [4.78, 5) is 36.2. The number of rotatable bonds is 12. The maximum Gasteiger partial charge on any atom is 0.407 e. The number of non-ortho nitro benzene ring substituents is 1. The second kappa shape index (κ2) is 13.6. The van der Waals surface area contributed by atoms with Gasteiger partial charge in [-0.15, -0.1) is 11.8 Å². The summed E-state index contributed by atoms with van der Waals surface area (Å²) in [6.07, 6.45) is 0.178. The van der Waals surface area contributed by atoms with Gasteiger partial charge in [0.2, 0.25) is 0 Å². The van der Waals surface area contributed by atoms with Crippen molar-refractivity contribution in [2.24, 2.45) is 0 Å². The summed E-state index contributed by atoms with van der Waals surface area (Å²) in [5, 5.41) is 12.2. The number of sulfone groups is 1. The normalized spacial score (nSPS) is 12.7. The number of amides is 1. The fourth-order valence-electron chi connectivity index (χ4n) is 3.36. The maximum atomic E-state index is 12.7. The molecule has 3 rings (SSSR count). The molecule has 12 heteroatoms. The number of carbonyl (C=O) groups excluding carboxylic acids is 2. The Morgan fingerprint density at radius 2 is 1.55 bits per heavy atom. The van der Waals surface area contributed by atoms with Crippen molar-refractivity contribution in [3.63, 3.8) is 0 Å². The Labute approximate surface area is 224 Å². The van der Waals surface area contributed by atoms with E-state index in [1.807, 2.05) is 36.4 Å². The van der Waals surface area contributed by atoms with Crippen molar-refractivity contribution in [2.75, 3.05) is 18.6 Å². The molecule has 10 nitrogen and oxygen atoms in total. The number of nitro groups is 1. The van der Waals surface area contributed by atoms with Gasteiger partial charge in [-0.05, 0) is 29.8 Å². The summed E-state index contributed by atoms with van der Waals surface area (Å²) in [5.41, 5.74) is 0.578. The number of ether oxygens (including phenoxy) is 2. The first kappa shape index (κ1) is 28.7. The van der Waals surface area contributed by atoms with Gasteiger partial charge in [-0.3, -0.25) is 10.1 Å². The van der Waals surface area contributed by atoms with Crippen molar-refractivity contribution in [3.8, 4) is 0 Å². The Bertz CT molecular complexity index is 1330. The zero-order valence-corrected chi connectivity index (χ0v) is 22.0. The van der Waals surface area contributed by atoms with Crippen LogP contribution in [0.4, 0.5) is 10.5 Å². The second-order valence-electron chi connectivity index (χ2n) is 8.21. The third kappa shape index (κ3) is 8.89. The number of benzene rings is 3. The van der Waals surface area contributed by atoms with Crippen LogP contribution in [0, 0.1) is 10.1 Å². The van der Waals surface area contributed by atoms with Crippen LogP contribution in [-0.4, -0.2) is 55.3 Å². The number of alkyl carbamates (subject to hydrolysis) is 1. The lowest BCUT2D eigenvalue weighted by Crippen LogP contribution is -2.50. The molecule has 3 aromatic rings. The van der Waals surface area contributed by atoms with Gasteiger partial charge < -0.3 is 14.8 Å². The minimum atomic E-state index is -3.83. The van der Waals surface area contributed by atoms with E-state index in [0.717, 1.165) is 28.8 Å². The molecule has 0 heterocycles. The lowest BCUT2D eigenvalue weighted by Gasteiger charge is -2.26. The first-order valence-corrected chi connectivity index (χ1v) is 14.3. The van der Waals surface area contributed by atoms with Crippen LogP contribution in [-0.2, 0) is 25.9 Å². The third-order valence-corrected chi connectivity index (χ3v) is 8.08. The Balaban J connectivity index is 1.73.